The van der Waals surface area contributed by atoms with E-state index in [1.807, 2.05) is 55.0 Å². The standard InChI is InChI=1S/C26H26N6S/c1-17-10-13-29-23(14-17)32-18(2)15-21(19(32)3)25-24(22-9-5-7-12-28-22)30-26(33)31(25)16-20-8-4-6-11-27-20/h4-15,24-25H,16H2,1-3H3,(H,30,33)/t24-,25+/m0/s1. The van der Waals surface area contributed by atoms with Crippen LogP contribution in [0.4, 0.5) is 0 Å². The lowest BCUT2D eigenvalue weighted by atomic mass is 9.96. The van der Waals surface area contributed by atoms with Gasteiger partial charge in [-0.15, -0.1) is 0 Å². The maximum absolute atomic E-state index is 5.83. The van der Waals surface area contributed by atoms with Gasteiger partial charge in [0, 0.05) is 30.0 Å². The van der Waals surface area contributed by atoms with Crippen LogP contribution < -0.4 is 5.32 Å². The highest BCUT2D eigenvalue weighted by molar-refractivity contribution is 7.80. The van der Waals surface area contributed by atoms with Gasteiger partial charge in [0.15, 0.2) is 5.11 Å². The van der Waals surface area contributed by atoms with Crippen molar-refractivity contribution in [3.05, 3.63) is 107 Å². The summed E-state index contributed by atoms with van der Waals surface area (Å²) in [5.41, 5.74) is 6.61. The molecular formula is C26H26N6S. The summed E-state index contributed by atoms with van der Waals surface area (Å²) in [5.74, 6) is 0.926. The van der Waals surface area contributed by atoms with Crippen LogP contribution >= 0.6 is 12.2 Å². The molecule has 1 saturated heterocycles. The highest BCUT2D eigenvalue weighted by Gasteiger charge is 2.41. The molecule has 0 unspecified atom stereocenters. The van der Waals surface area contributed by atoms with Crippen LogP contribution in [0.3, 0.4) is 0 Å². The van der Waals surface area contributed by atoms with E-state index < -0.39 is 0 Å². The van der Waals surface area contributed by atoms with Gasteiger partial charge in [0.1, 0.15) is 5.82 Å². The summed E-state index contributed by atoms with van der Waals surface area (Å²) in [4.78, 5) is 16.1. The lowest BCUT2D eigenvalue weighted by Gasteiger charge is -2.28. The first-order valence-electron chi connectivity index (χ1n) is 11.0. The first kappa shape index (κ1) is 21.3. The maximum atomic E-state index is 5.83. The molecule has 7 heteroatoms. The molecule has 4 aromatic rings. The molecule has 1 fully saturated rings. The van der Waals surface area contributed by atoms with E-state index in [0.29, 0.717) is 11.7 Å². The van der Waals surface area contributed by atoms with Crippen molar-refractivity contribution in [2.45, 2.75) is 39.4 Å². The van der Waals surface area contributed by atoms with E-state index in [0.717, 1.165) is 28.6 Å². The van der Waals surface area contributed by atoms with E-state index in [1.165, 1.54) is 11.1 Å². The fourth-order valence-corrected chi connectivity index (χ4v) is 4.97. The Balaban J connectivity index is 1.62. The van der Waals surface area contributed by atoms with Crippen molar-refractivity contribution < 1.29 is 0 Å². The maximum Gasteiger partial charge on any atom is 0.170 e. The number of hydrogen-bond donors (Lipinski definition) is 1. The Morgan fingerprint density at radius 3 is 2.39 bits per heavy atom. The highest BCUT2D eigenvalue weighted by Crippen LogP contribution is 2.41. The minimum Gasteiger partial charge on any atom is -0.352 e. The number of aryl methyl sites for hydroxylation is 2. The van der Waals surface area contributed by atoms with E-state index in [1.54, 1.807) is 0 Å². The molecule has 5 heterocycles. The third-order valence-electron chi connectivity index (χ3n) is 6.18. The second-order valence-electron chi connectivity index (χ2n) is 8.43. The van der Waals surface area contributed by atoms with E-state index in [-0.39, 0.29) is 12.1 Å². The average molecular weight is 455 g/mol. The smallest absolute Gasteiger partial charge is 0.170 e. The summed E-state index contributed by atoms with van der Waals surface area (Å²) in [7, 11) is 0. The van der Waals surface area contributed by atoms with Gasteiger partial charge in [-0.1, -0.05) is 12.1 Å². The Morgan fingerprint density at radius 2 is 1.70 bits per heavy atom. The van der Waals surface area contributed by atoms with Crippen LogP contribution in [0.25, 0.3) is 5.82 Å². The molecule has 0 amide bonds. The Kier molecular flexibility index (Phi) is 5.64. The van der Waals surface area contributed by atoms with Gasteiger partial charge in [0.05, 0.1) is 30.0 Å². The van der Waals surface area contributed by atoms with Crippen LogP contribution in [-0.4, -0.2) is 29.5 Å². The summed E-state index contributed by atoms with van der Waals surface area (Å²) in [6.07, 6.45) is 5.51. The molecule has 1 N–H and O–H groups in total. The zero-order valence-corrected chi connectivity index (χ0v) is 19.8. The van der Waals surface area contributed by atoms with Crippen LogP contribution in [0, 0.1) is 20.8 Å². The number of rotatable bonds is 5. The second-order valence-corrected chi connectivity index (χ2v) is 8.82. The van der Waals surface area contributed by atoms with Crippen molar-refractivity contribution in [3.8, 4) is 5.82 Å². The normalized spacial score (nSPS) is 17.9. The topological polar surface area (TPSA) is 58.9 Å². The largest absolute Gasteiger partial charge is 0.352 e. The zero-order chi connectivity index (χ0) is 22.9. The molecule has 0 spiro atoms. The number of aromatic nitrogens is 4. The number of nitrogens with zero attached hydrogens (tertiary/aromatic N) is 5. The molecule has 1 aliphatic rings. The summed E-state index contributed by atoms with van der Waals surface area (Å²) in [6.45, 7) is 6.99. The molecule has 0 aromatic carbocycles. The van der Waals surface area contributed by atoms with Crippen molar-refractivity contribution in [1.29, 1.82) is 0 Å². The predicted octanol–water partition coefficient (Wildman–Crippen LogP) is 4.76. The van der Waals surface area contributed by atoms with Crippen molar-refractivity contribution in [2.75, 3.05) is 0 Å². The second kappa shape index (κ2) is 8.75. The first-order valence-corrected chi connectivity index (χ1v) is 11.4. The fraction of sp³-hybridized carbons (Fsp3) is 0.231. The van der Waals surface area contributed by atoms with Crippen molar-refractivity contribution in [1.82, 2.24) is 29.7 Å². The highest BCUT2D eigenvalue weighted by atomic mass is 32.1. The minimum atomic E-state index is -0.0677. The van der Waals surface area contributed by atoms with Crippen molar-refractivity contribution in [3.63, 3.8) is 0 Å². The summed E-state index contributed by atoms with van der Waals surface area (Å²) >= 11 is 5.83. The first-order chi connectivity index (χ1) is 16.0. The van der Waals surface area contributed by atoms with E-state index in [9.17, 15) is 0 Å². The van der Waals surface area contributed by atoms with Crippen molar-refractivity contribution in [2.24, 2.45) is 0 Å². The average Bonchev–Trinajstić information content (AvgIpc) is 3.30. The van der Waals surface area contributed by atoms with Crippen LogP contribution in [0.2, 0.25) is 0 Å². The van der Waals surface area contributed by atoms with E-state index in [2.05, 4.69) is 68.7 Å². The molecule has 0 bridgehead atoms. The number of nitrogens with one attached hydrogen (secondary N) is 1. The van der Waals surface area contributed by atoms with Gasteiger partial charge in [0.2, 0.25) is 0 Å². The quantitative estimate of drug-likeness (QED) is 0.439. The fourth-order valence-electron chi connectivity index (χ4n) is 4.66. The van der Waals surface area contributed by atoms with Gasteiger partial charge in [0.25, 0.3) is 0 Å². The summed E-state index contributed by atoms with van der Waals surface area (Å²) < 4.78 is 2.22. The van der Waals surface area contributed by atoms with Gasteiger partial charge in [-0.2, -0.15) is 0 Å². The molecule has 5 rings (SSSR count). The molecular weight excluding hydrogens is 428 g/mol. The monoisotopic (exact) mass is 454 g/mol. The van der Waals surface area contributed by atoms with Gasteiger partial charge >= 0.3 is 0 Å². The van der Waals surface area contributed by atoms with E-state index in [4.69, 9.17) is 12.2 Å². The summed E-state index contributed by atoms with van der Waals surface area (Å²) in [6, 6.07) is 18.3. The SMILES string of the molecule is Cc1ccnc(-n2c(C)cc([C@@H]3[C@H](c4ccccn4)NC(=S)N3Cc3ccccn3)c2C)c1. The van der Waals surface area contributed by atoms with Crippen molar-refractivity contribution >= 4 is 17.3 Å². The third-order valence-corrected chi connectivity index (χ3v) is 6.53. The van der Waals surface area contributed by atoms with Gasteiger partial charge in [-0.3, -0.25) is 9.97 Å². The number of thiocarbonyl (C=S) groups is 1. The molecule has 166 valence electrons. The van der Waals surface area contributed by atoms with Crippen LogP contribution in [-0.2, 0) is 6.54 Å². The zero-order valence-electron chi connectivity index (χ0n) is 18.9. The lowest BCUT2D eigenvalue weighted by molar-refractivity contribution is 0.307. The summed E-state index contributed by atoms with van der Waals surface area (Å²) in [5, 5.41) is 4.24. The van der Waals surface area contributed by atoms with Crippen LogP contribution in [0.5, 0.6) is 0 Å². The Labute approximate surface area is 199 Å². The molecule has 2 atom stereocenters. The van der Waals surface area contributed by atoms with Crippen LogP contribution in [0.15, 0.2) is 73.2 Å². The Morgan fingerprint density at radius 1 is 0.909 bits per heavy atom. The van der Waals surface area contributed by atoms with Gasteiger partial charge in [-0.25, -0.2) is 4.98 Å². The number of pyridine rings is 3. The Hall–Kier alpha value is -3.58. The number of hydrogen-bond acceptors (Lipinski definition) is 4. The van der Waals surface area contributed by atoms with Gasteiger partial charge < -0.3 is 14.8 Å². The molecule has 6 nitrogen and oxygen atoms in total. The van der Waals surface area contributed by atoms with Crippen LogP contribution in [0.1, 0.15) is 46.0 Å². The van der Waals surface area contributed by atoms with E-state index >= 15 is 0 Å². The molecule has 4 aromatic heterocycles. The molecule has 0 radical (unpaired) electrons. The Bertz CT molecular complexity index is 1280. The predicted molar refractivity (Wildman–Crippen MR) is 133 cm³/mol. The molecule has 0 saturated carbocycles. The molecule has 33 heavy (non-hydrogen) atoms. The lowest BCUT2D eigenvalue weighted by Crippen LogP contribution is -2.29. The minimum absolute atomic E-state index is 0.0286. The van der Waals surface area contributed by atoms with Gasteiger partial charge in [-0.05, 0) is 86.6 Å². The molecule has 0 aliphatic carbocycles. The molecule has 1 aliphatic heterocycles. The third kappa shape index (κ3) is 4.00.